The average molecular weight is 435 g/mol. The highest BCUT2D eigenvalue weighted by molar-refractivity contribution is 6.21. The molecule has 0 saturated carbocycles. The lowest BCUT2D eigenvalue weighted by atomic mass is 9.85. The van der Waals surface area contributed by atoms with Gasteiger partial charge in [-0.3, -0.25) is 24.2 Å². The molecule has 1 saturated heterocycles. The second-order valence-electron chi connectivity index (χ2n) is 8.14. The number of aliphatic hydroxyl groups excluding tert-OH is 1. The van der Waals surface area contributed by atoms with Crippen LogP contribution in [0.3, 0.4) is 0 Å². The fourth-order valence-corrected chi connectivity index (χ4v) is 4.35. The third-order valence-electron chi connectivity index (χ3n) is 6.01. The molecule has 2 N–H and O–H groups in total. The van der Waals surface area contributed by atoms with Gasteiger partial charge in [0.25, 0.3) is 17.7 Å². The van der Waals surface area contributed by atoms with Crippen molar-refractivity contribution >= 4 is 23.8 Å². The molecule has 8 nitrogen and oxygen atoms in total. The number of nitrogens with zero attached hydrogens (tertiary/aromatic N) is 2. The molecular formula is C24H25N3O5. The fraction of sp³-hybridized carbons (Fsp3) is 0.333. The Balaban J connectivity index is 1.51. The van der Waals surface area contributed by atoms with Gasteiger partial charge in [0.2, 0.25) is 0 Å². The number of carbonyl (C=O) groups is 4. The molecule has 8 heteroatoms. The van der Waals surface area contributed by atoms with Gasteiger partial charge in [0, 0.05) is 0 Å². The number of unbranched alkanes of at least 4 members (excludes halogenated alkanes) is 1. The first kappa shape index (κ1) is 21.7. The van der Waals surface area contributed by atoms with Gasteiger partial charge in [0.05, 0.1) is 30.3 Å². The summed E-state index contributed by atoms with van der Waals surface area (Å²) < 4.78 is 0. The second-order valence-corrected chi connectivity index (χ2v) is 8.14. The van der Waals surface area contributed by atoms with Crippen LogP contribution in [-0.2, 0) is 10.3 Å². The summed E-state index contributed by atoms with van der Waals surface area (Å²) in [5.41, 5.74) is 0.0534. The Labute approximate surface area is 185 Å². The van der Waals surface area contributed by atoms with Crippen LogP contribution in [0.15, 0.2) is 54.6 Å². The Kier molecular flexibility index (Phi) is 5.80. The molecule has 0 unspecified atom stereocenters. The van der Waals surface area contributed by atoms with E-state index >= 15 is 0 Å². The highest BCUT2D eigenvalue weighted by atomic mass is 16.3. The summed E-state index contributed by atoms with van der Waals surface area (Å²) in [5, 5.41) is 13.4. The smallest absolute Gasteiger partial charge is 0.325 e. The summed E-state index contributed by atoms with van der Waals surface area (Å²) in [6, 6.07) is 14.9. The SMILES string of the molecule is CCCC[C@@]1(c2ccccc2)NC(=O)N(C[C@@H](O)CN2C(=O)c3ccccc3C2=O)C1=O. The molecule has 2 aromatic rings. The van der Waals surface area contributed by atoms with Gasteiger partial charge in [-0.2, -0.15) is 0 Å². The van der Waals surface area contributed by atoms with Gasteiger partial charge in [0.15, 0.2) is 0 Å². The Hall–Kier alpha value is -3.52. The van der Waals surface area contributed by atoms with E-state index in [2.05, 4.69) is 5.32 Å². The number of imide groups is 2. The van der Waals surface area contributed by atoms with Gasteiger partial charge in [-0.1, -0.05) is 62.2 Å². The Morgan fingerprint density at radius 2 is 1.44 bits per heavy atom. The number of β-amino-alcohol motifs (C(OH)–C–C–N with tert-alkyl or cyclic N) is 1. The van der Waals surface area contributed by atoms with E-state index in [1.165, 1.54) is 0 Å². The van der Waals surface area contributed by atoms with Crippen molar-refractivity contribution in [3.8, 4) is 0 Å². The maximum Gasteiger partial charge on any atom is 0.325 e. The summed E-state index contributed by atoms with van der Waals surface area (Å²) in [7, 11) is 0. The fourth-order valence-electron chi connectivity index (χ4n) is 4.35. The predicted molar refractivity (Wildman–Crippen MR) is 116 cm³/mol. The number of hydrogen-bond donors (Lipinski definition) is 2. The van der Waals surface area contributed by atoms with E-state index in [0.717, 1.165) is 22.6 Å². The summed E-state index contributed by atoms with van der Waals surface area (Å²) >= 11 is 0. The van der Waals surface area contributed by atoms with E-state index in [9.17, 15) is 24.3 Å². The zero-order valence-electron chi connectivity index (χ0n) is 17.8. The zero-order chi connectivity index (χ0) is 22.9. The molecule has 1 fully saturated rings. The highest BCUT2D eigenvalue weighted by Crippen LogP contribution is 2.34. The standard InChI is InChI=1S/C24H25N3O5/c1-2-3-13-24(16-9-5-4-6-10-16)22(31)27(23(32)25-24)15-17(28)14-26-20(29)18-11-7-8-12-19(18)21(26)30/h4-12,17,28H,2-3,13-15H2,1H3,(H,25,32)/t17-,24-/m0/s1. The molecule has 4 rings (SSSR count). The topological polar surface area (TPSA) is 107 Å². The first-order chi connectivity index (χ1) is 15.4. The second kappa shape index (κ2) is 8.55. The van der Waals surface area contributed by atoms with Crippen molar-refractivity contribution in [3.63, 3.8) is 0 Å². The maximum absolute atomic E-state index is 13.4. The van der Waals surface area contributed by atoms with Crippen molar-refractivity contribution in [1.82, 2.24) is 15.1 Å². The molecule has 2 atom stereocenters. The number of rotatable bonds is 8. The largest absolute Gasteiger partial charge is 0.389 e. The molecule has 5 amide bonds. The number of nitrogens with one attached hydrogen (secondary N) is 1. The van der Waals surface area contributed by atoms with Crippen LogP contribution in [-0.4, -0.2) is 57.9 Å². The summed E-state index contributed by atoms with van der Waals surface area (Å²) in [6.45, 7) is 1.37. The molecule has 2 aromatic carbocycles. The average Bonchev–Trinajstić information content (AvgIpc) is 3.19. The minimum Gasteiger partial charge on any atom is -0.389 e. The van der Waals surface area contributed by atoms with Gasteiger partial charge in [-0.05, 0) is 24.1 Å². The minimum absolute atomic E-state index is 0.280. The van der Waals surface area contributed by atoms with E-state index in [4.69, 9.17) is 0 Å². The van der Waals surface area contributed by atoms with Crippen LogP contribution in [0.25, 0.3) is 0 Å². The number of amides is 5. The monoisotopic (exact) mass is 435 g/mol. The molecule has 0 bridgehead atoms. The van der Waals surface area contributed by atoms with Gasteiger partial charge < -0.3 is 10.4 Å². The molecule has 0 radical (unpaired) electrons. The number of urea groups is 1. The Bertz CT molecular complexity index is 1040. The number of aliphatic hydroxyl groups is 1. The summed E-state index contributed by atoms with van der Waals surface area (Å²) in [4.78, 5) is 53.2. The normalized spacial score (nSPS) is 21.2. The number of fused-ring (bicyclic) bond motifs is 1. The quantitative estimate of drug-likeness (QED) is 0.489. The molecule has 0 spiro atoms. The molecule has 0 aromatic heterocycles. The van der Waals surface area contributed by atoms with Crippen LogP contribution in [0, 0.1) is 0 Å². The Morgan fingerprint density at radius 3 is 2.03 bits per heavy atom. The van der Waals surface area contributed by atoms with E-state index in [0.29, 0.717) is 12.0 Å². The van der Waals surface area contributed by atoms with E-state index in [-0.39, 0.29) is 24.2 Å². The summed E-state index contributed by atoms with van der Waals surface area (Å²) in [6.07, 6.45) is 0.736. The van der Waals surface area contributed by atoms with Crippen LogP contribution < -0.4 is 5.32 Å². The third-order valence-corrected chi connectivity index (χ3v) is 6.01. The molecule has 2 aliphatic heterocycles. The van der Waals surface area contributed by atoms with Crippen molar-refractivity contribution in [3.05, 3.63) is 71.3 Å². The van der Waals surface area contributed by atoms with E-state index in [1.54, 1.807) is 36.4 Å². The van der Waals surface area contributed by atoms with Crippen LogP contribution in [0.4, 0.5) is 4.79 Å². The van der Waals surface area contributed by atoms with Gasteiger partial charge >= 0.3 is 6.03 Å². The highest BCUT2D eigenvalue weighted by Gasteiger charge is 2.52. The van der Waals surface area contributed by atoms with Gasteiger partial charge in [-0.25, -0.2) is 4.79 Å². The molecule has 0 aliphatic carbocycles. The van der Waals surface area contributed by atoms with Crippen molar-refractivity contribution in [1.29, 1.82) is 0 Å². The molecule has 32 heavy (non-hydrogen) atoms. The molecule has 166 valence electrons. The Morgan fingerprint density at radius 1 is 0.875 bits per heavy atom. The third kappa shape index (κ3) is 3.56. The maximum atomic E-state index is 13.4. The lowest BCUT2D eigenvalue weighted by molar-refractivity contribution is -0.133. The zero-order valence-corrected chi connectivity index (χ0v) is 17.8. The van der Waals surface area contributed by atoms with Crippen molar-refractivity contribution in [2.45, 2.75) is 37.8 Å². The van der Waals surface area contributed by atoms with Crippen LogP contribution >= 0.6 is 0 Å². The summed E-state index contributed by atoms with van der Waals surface area (Å²) in [5.74, 6) is -1.43. The predicted octanol–water partition coefficient (Wildman–Crippen LogP) is 2.28. The molecule has 2 heterocycles. The van der Waals surface area contributed by atoms with Crippen LogP contribution in [0.1, 0.15) is 52.5 Å². The van der Waals surface area contributed by atoms with Crippen molar-refractivity contribution in [2.75, 3.05) is 13.1 Å². The number of carbonyl (C=O) groups excluding carboxylic acids is 4. The number of hydrogen-bond acceptors (Lipinski definition) is 5. The van der Waals surface area contributed by atoms with E-state index < -0.39 is 35.4 Å². The lowest BCUT2D eigenvalue weighted by Crippen LogP contribution is -2.46. The van der Waals surface area contributed by atoms with Crippen molar-refractivity contribution < 1.29 is 24.3 Å². The number of benzene rings is 2. The van der Waals surface area contributed by atoms with E-state index in [1.807, 2.05) is 25.1 Å². The molecule has 2 aliphatic rings. The van der Waals surface area contributed by atoms with Gasteiger partial charge in [0.1, 0.15) is 5.54 Å². The van der Waals surface area contributed by atoms with Gasteiger partial charge in [-0.15, -0.1) is 0 Å². The lowest BCUT2D eigenvalue weighted by Gasteiger charge is -2.28. The minimum atomic E-state index is -1.27. The first-order valence-corrected chi connectivity index (χ1v) is 10.7. The van der Waals surface area contributed by atoms with Crippen LogP contribution in [0.2, 0.25) is 0 Å². The first-order valence-electron chi connectivity index (χ1n) is 10.7. The molecular weight excluding hydrogens is 410 g/mol. The van der Waals surface area contributed by atoms with Crippen LogP contribution in [0.5, 0.6) is 0 Å². The van der Waals surface area contributed by atoms with Crippen molar-refractivity contribution in [2.24, 2.45) is 0 Å².